The van der Waals surface area contributed by atoms with Gasteiger partial charge in [0.1, 0.15) is 22.6 Å². The zero-order chi connectivity index (χ0) is 20.9. The molecule has 1 heterocycles. The van der Waals surface area contributed by atoms with Crippen molar-refractivity contribution in [3.63, 3.8) is 0 Å². The molecule has 1 amide bonds. The molecule has 0 spiro atoms. The number of hydrogen-bond donors (Lipinski definition) is 2. The predicted molar refractivity (Wildman–Crippen MR) is 106 cm³/mol. The number of nitrogens with zero attached hydrogens (tertiary/aromatic N) is 2. The van der Waals surface area contributed by atoms with Gasteiger partial charge in [-0.05, 0) is 35.7 Å². The molecule has 0 unspecified atom stereocenters. The number of halogens is 1. The second-order valence-corrected chi connectivity index (χ2v) is 8.59. The van der Waals surface area contributed by atoms with Gasteiger partial charge in [-0.25, -0.2) is 17.8 Å². The van der Waals surface area contributed by atoms with Crippen LogP contribution in [0.1, 0.15) is 19.4 Å². The van der Waals surface area contributed by atoms with Crippen LogP contribution in [0.2, 0.25) is 0 Å². The van der Waals surface area contributed by atoms with Gasteiger partial charge in [0.25, 0.3) is 0 Å². The van der Waals surface area contributed by atoms with Crippen molar-refractivity contribution in [2.75, 3.05) is 19.0 Å². The van der Waals surface area contributed by atoms with Crippen molar-refractivity contribution >= 4 is 21.7 Å². The van der Waals surface area contributed by atoms with Crippen LogP contribution in [0.15, 0.2) is 47.5 Å². The number of carbonyl (C=O) groups excluding carboxylic acids is 1. The highest BCUT2D eigenvalue weighted by molar-refractivity contribution is 7.89. The third-order valence-corrected chi connectivity index (χ3v) is 5.57. The van der Waals surface area contributed by atoms with Crippen molar-refractivity contribution in [2.24, 2.45) is 5.92 Å². The average molecular weight is 408 g/mol. The Kier molecular flexibility index (Phi) is 7.09. The van der Waals surface area contributed by atoms with E-state index in [0.29, 0.717) is 0 Å². The molecule has 28 heavy (non-hydrogen) atoms. The lowest BCUT2D eigenvalue weighted by atomic mass is 10.0. The Hall–Kier alpha value is -2.52. The minimum absolute atomic E-state index is 0.215. The van der Waals surface area contributed by atoms with Crippen molar-refractivity contribution in [3.05, 3.63) is 54.0 Å². The van der Waals surface area contributed by atoms with E-state index in [1.54, 1.807) is 26.1 Å². The van der Waals surface area contributed by atoms with Gasteiger partial charge >= 0.3 is 0 Å². The molecule has 1 atom stereocenters. The molecule has 0 aliphatic heterocycles. The largest absolute Gasteiger partial charge is 0.363 e. The van der Waals surface area contributed by atoms with Crippen LogP contribution in [0.5, 0.6) is 0 Å². The summed E-state index contributed by atoms with van der Waals surface area (Å²) in [5.74, 6) is -0.951. The topological polar surface area (TPSA) is 91.4 Å². The summed E-state index contributed by atoms with van der Waals surface area (Å²) in [6, 6.07) is 7.60. The second kappa shape index (κ2) is 9.11. The lowest BCUT2D eigenvalue weighted by Crippen LogP contribution is -2.49. The van der Waals surface area contributed by atoms with E-state index in [1.807, 2.05) is 25.1 Å². The molecule has 0 saturated carbocycles. The van der Waals surface area contributed by atoms with Crippen LogP contribution in [-0.2, 0) is 21.4 Å². The first-order chi connectivity index (χ1) is 13.1. The van der Waals surface area contributed by atoms with Crippen LogP contribution >= 0.6 is 0 Å². The molecule has 0 aliphatic rings. The van der Waals surface area contributed by atoms with Crippen LogP contribution < -0.4 is 14.9 Å². The smallest absolute Gasteiger partial charge is 0.244 e. The quantitative estimate of drug-likeness (QED) is 0.696. The average Bonchev–Trinajstić information content (AvgIpc) is 2.64. The molecule has 0 radical (unpaired) electrons. The molecule has 0 fully saturated rings. The molecule has 2 rings (SSSR count). The molecule has 0 saturated heterocycles. The maximum absolute atomic E-state index is 13.9. The Morgan fingerprint density at radius 2 is 1.89 bits per heavy atom. The minimum atomic E-state index is -4.18. The highest BCUT2D eigenvalue weighted by Gasteiger charge is 2.29. The molecule has 7 nitrogen and oxygen atoms in total. The molecule has 9 heteroatoms. The molecule has 152 valence electrons. The van der Waals surface area contributed by atoms with Gasteiger partial charge in [-0.15, -0.1) is 0 Å². The van der Waals surface area contributed by atoms with Gasteiger partial charge in [0.2, 0.25) is 15.9 Å². The predicted octanol–water partition coefficient (Wildman–Crippen LogP) is 1.91. The van der Waals surface area contributed by atoms with Crippen molar-refractivity contribution in [1.29, 1.82) is 0 Å². The molecular weight excluding hydrogens is 383 g/mol. The van der Waals surface area contributed by atoms with E-state index in [2.05, 4.69) is 15.0 Å². The SMILES string of the molecule is CC(C)[C@H](NS(=O)(=O)c1ccccc1F)C(=O)NCc1ccnc(N(C)C)c1. The number of sulfonamides is 1. The number of nitrogens with one attached hydrogen (secondary N) is 2. The van der Waals surface area contributed by atoms with Gasteiger partial charge in [-0.1, -0.05) is 26.0 Å². The molecule has 0 bridgehead atoms. The van der Waals surface area contributed by atoms with Gasteiger partial charge in [0.15, 0.2) is 0 Å². The normalized spacial score (nSPS) is 12.6. The van der Waals surface area contributed by atoms with Gasteiger partial charge in [-0.2, -0.15) is 4.72 Å². The maximum atomic E-state index is 13.9. The summed E-state index contributed by atoms with van der Waals surface area (Å²) in [5.41, 5.74) is 0.825. The van der Waals surface area contributed by atoms with E-state index in [0.717, 1.165) is 23.5 Å². The number of anilines is 1. The summed E-state index contributed by atoms with van der Waals surface area (Å²) in [5, 5.41) is 2.73. The lowest BCUT2D eigenvalue weighted by Gasteiger charge is -2.22. The molecule has 2 N–H and O–H groups in total. The number of benzene rings is 1. The summed E-state index contributed by atoms with van der Waals surface area (Å²) in [6.45, 7) is 3.64. The van der Waals surface area contributed by atoms with Crippen molar-refractivity contribution in [2.45, 2.75) is 31.3 Å². The van der Waals surface area contributed by atoms with Crippen LogP contribution in [0.25, 0.3) is 0 Å². The highest BCUT2D eigenvalue weighted by atomic mass is 32.2. The van der Waals surface area contributed by atoms with Gasteiger partial charge in [-0.3, -0.25) is 4.79 Å². The third-order valence-electron chi connectivity index (χ3n) is 4.09. The lowest BCUT2D eigenvalue weighted by molar-refractivity contribution is -0.123. The van der Waals surface area contributed by atoms with Gasteiger partial charge in [0, 0.05) is 26.8 Å². The van der Waals surface area contributed by atoms with Gasteiger partial charge < -0.3 is 10.2 Å². The second-order valence-electron chi connectivity index (χ2n) is 6.91. The fourth-order valence-electron chi connectivity index (χ4n) is 2.50. The van der Waals surface area contributed by atoms with E-state index >= 15 is 0 Å². The Morgan fingerprint density at radius 1 is 1.21 bits per heavy atom. The number of carbonyl (C=O) groups is 1. The van der Waals surface area contributed by atoms with E-state index in [-0.39, 0.29) is 12.5 Å². The van der Waals surface area contributed by atoms with Crippen molar-refractivity contribution in [3.8, 4) is 0 Å². The summed E-state index contributed by atoms with van der Waals surface area (Å²) >= 11 is 0. The zero-order valence-corrected chi connectivity index (χ0v) is 17.1. The molecule has 1 aromatic carbocycles. The number of rotatable bonds is 8. The molecule has 1 aromatic heterocycles. The van der Waals surface area contributed by atoms with Crippen LogP contribution in [0.4, 0.5) is 10.2 Å². The van der Waals surface area contributed by atoms with Crippen LogP contribution in [-0.4, -0.2) is 39.4 Å². The summed E-state index contributed by atoms with van der Waals surface area (Å²) in [4.78, 5) is 18.2. The highest BCUT2D eigenvalue weighted by Crippen LogP contribution is 2.16. The monoisotopic (exact) mass is 408 g/mol. The Morgan fingerprint density at radius 3 is 2.50 bits per heavy atom. The summed E-state index contributed by atoms with van der Waals surface area (Å²) < 4.78 is 41.2. The summed E-state index contributed by atoms with van der Waals surface area (Å²) in [7, 11) is -0.467. The standard InChI is InChI=1S/C19H25FN4O3S/c1-13(2)18(23-28(26,27)16-8-6-5-7-15(16)20)19(25)22-12-14-9-10-21-17(11-14)24(3)4/h5-11,13,18,23H,12H2,1-4H3,(H,22,25)/t18-/m0/s1. The van der Waals surface area contributed by atoms with Crippen LogP contribution in [0, 0.1) is 11.7 Å². The first kappa shape index (κ1) is 21.8. The molecule has 2 aromatic rings. The fourth-order valence-corrected chi connectivity index (χ4v) is 3.92. The van der Waals surface area contributed by atoms with Crippen LogP contribution in [0.3, 0.4) is 0 Å². The Balaban J connectivity index is 2.12. The van der Waals surface area contributed by atoms with E-state index in [1.165, 1.54) is 12.1 Å². The van der Waals surface area contributed by atoms with Crippen molar-refractivity contribution in [1.82, 2.24) is 15.0 Å². The van der Waals surface area contributed by atoms with E-state index < -0.39 is 32.7 Å². The molecule has 0 aliphatic carbocycles. The van der Waals surface area contributed by atoms with Gasteiger partial charge in [0.05, 0.1) is 0 Å². The van der Waals surface area contributed by atoms with E-state index in [4.69, 9.17) is 0 Å². The van der Waals surface area contributed by atoms with E-state index in [9.17, 15) is 17.6 Å². The number of aromatic nitrogens is 1. The first-order valence-corrected chi connectivity index (χ1v) is 10.3. The summed E-state index contributed by atoms with van der Waals surface area (Å²) in [6.07, 6.45) is 1.64. The van der Waals surface area contributed by atoms with Crippen molar-refractivity contribution < 1.29 is 17.6 Å². The number of amides is 1. The minimum Gasteiger partial charge on any atom is -0.363 e. The maximum Gasteiger partial charge on any atom is 0.244 e. The third kappa shape index (κ3) is 5.49. The number of pyridine rings is 1. The molecular formula is C19H25FN4O3S. The fraction of sp³-hybridized carbons (Fsp3) is 0.368. The Bertz CT molecular complexity index is 932. The first-order valence-electron chi connectivity index (χ1n) is 8.78. The zero-order valence-electron chi connectivity index (χ0n) is 16.3. The number of hydrogen-bond acceptors (Lipinski definition) is 5. The Labute approximate surface area is 165 Å².